The monoisotopic (exact) mass is 212 g/mol. The standard InChI is InChI=1S/C12H20O3/c1-3-5-9(6-4-2)10-7-11(13)15-12(14)8-10/h9-10H,3-8H2,1-2H3. The molecule has 1 saturated heterocycles. The Bertz CT molecular complexity index is 213. The van der Waals surface area contributed by atoms with Crippen LogP contribution in [0.15, 0.2) is 0 Å². The zero-order valence-corrected chi connectivity index (χ0v) is 9.62. The van der Waals surface area contributed by atoms with Crippen molar-refractivity contribution in [1.29, 1.82) is 0 Å². The van der Waals surface area contributed by atoms with Crippen LogP contribution in [0.4, 0.5) is 0 Å². The molecule has 1 aliphatic rings. The Balaban J connectivity index is 2.56. The SMILES string of the molecule is CCCC(CCC)C1CC(=O)OC(=O)C1. The largest absolute Gasteiger partial charge is 0.393 e. The molecule has 0 unspecified atom stereocenters. The van der Waals surface area contributed by atoms with Gasteiger partial charge >= 0.3 is 11.9 Å². The third-order valence-electron chi connectivity index (χ3n) is 3.07. The van der Waals surface area contributed by atoms with E-state index in [9.17, 15) is 9.59 Å². The van der Waals surface area contributed by atoms with Crippen LogP contribution in [-0.2, 0) is 14.3 Å². The van der Waals surface area contributed by atoms with Gasteiger partial charge in [-0.3, -0.25) is 9.59 Å². The summed E-state index contributed by atoms with van der Waals surface area (Å²) in [5.41, 5.74) is 0. The first-order valence-electron chi connectivity index (χ1n) is 5.90. The van der Waals surface area contributed by atoms with Gasteiger partial charge in [0.1, 0.15) is 0 Å². The molecule has 0 aromatic heterocycles. The average molecular weight is 212 g/mol. The van der Waals surface area contributed by atoms with Crippen LogP contribution >= 0.6 is 0 Å². The van der Waals surface area contributed by atoms with E-state index in [-0.39, 0.29) is 17.9 Å². The molecule has 0 radical (unpaired) electrons. The zero-order chi connectivity index (χ0) is 11.3. The maximum absolute atomic E-state index is 11.2. The lowest BCUT2D eigenvalue weighted by Gasteiger charge is -2.28. The van der Waals surface area contributed by atoms with Crippen molar-refractivity contribution < 1.29 is 14.3 Å². The molecule has 86 valence electrons. The predicted molar refractivity (Wildman–Crippen MR) is 57.1 cm³/mol. The first-order valence-corrected chi connectivity index (χ1v) is 5.90. The number of ether oxygens (including phenoxy) is 1. The number of carbonyl (C=O) groups excluding carboxylic acids is 2. The summed E-state index contributed by atoms with van der Waals surface area (Å²) < 4.78 is 4.55. The van der Waals surface area contributed by atoms with Crippen molar-refractivity contribution in [3.8, 4) is 0 Å². The highest BCUT2D eigenvalue weighted by molar-refractivity contribution is 5.88. The second kappa shape index (κ2) is 5.89. The minimum atomic E-state index is -0.339. The molecule has 0 atom stereocenters. The Morgan fingerprint density at radius 2 is 1.60 bits per heavy atom. The summed E-state index contributed by atoms with van der Waals surface area (Å²) in [6.07, 6.45) is 5.31. The second-order valence-corrected chi connectivity index (χ2v) is 4.35. The van der Waals surface area contributed by atoms with Crippen molar-refractivity contribution in [2.75, 3.05) is 0 Å². The van der Waals surface area contributed by atoms with Crippen molar-refractivity contribution in [3.05, 3.63) is 0 Å². The Morgan fingerprint density at radius 1 is 1.13 bits per heavy atom. The van der Waals surface area contributed by atoms with Gasteiger partial charge in [0, 0.05) is 12.8 Å². The molecule has 0 aromatic carbocycles. The summed E-state index contributed by atoms with van der Waals surface area (Å²) in [6.45, 7) is 4.29. The van der Waals surface area contributed by atoms with E-state index in [0.717, 1.165) is 25.7 Å². The van der Waals surface area contributed by atoms with Gasteiger partial charge in [0.15, 0.2) is 0 Å². The topological polar surface area (TPSA) is 43.4 Å². The van der Waals surface area contributed by atoms with Crippen LogP contribution in [0.5, 0.6) is 0 Å². The first-order chi connectivity index (χ1) is 7.17. The van der Waals surface area contributed by atoms with E-state index in [1.165, 1.54) is 0 Å². The molecule has 15 heavy (non-hydrogen) atoms. The zero-order valence-electron chi connectivity index (χ0n) is 9.62. The minimum absolute atomic E-state index is 0.221. The highest BCUT2D eigenvalue weighted by atomic mass is 16.6. The number of esters is 2. The van der Waals surface area contributed by atoms with E-state index in [0.29, 0.717) is 18.8 Å². The Hall–Kier alpha value is -0.860. The minimum Gasteiger partial charge on any atom is -0.393 e. The van der Waals surface area contributed by atoms with Crippen molar-refractivity contribution in [2.45, 2.75) is 52.4 Å². The van der Waals surface area contributed by atoms with Crippen LogP contribution in [0.1, 0.15) is 52.4 Å². The highest BCUT2D eigenvalue weighted by Gasteiger charge is 2.31. The molecule has 0 N–H and O–H groups in total. The number of carbonyl (C=O) groups is 2. The molecular weight excluding hydrogens is 192 g/mol. The summed E-state index contributed by atoms with van der Waals surface area (Å²) in [5.74, 6) is 0.0531. The summed E-state index contributed by atoms with van der Waals surface area (Å²) >= 11 is 0. The molecule has 1 heterocycles. The van der Waals surface area contributed by atoms with Gasteiger partial charge in [-0.15, -0.1) is 0 Å². The normalized spacial score (nSPS) is 18.3. The second-order valence-electron chi connectivity index (χ2n) is 4.35. The number of hydrogen-bond donors (Lipinski definition) is 0. The molecule has 3 nitrogen and oxygen atoms in total. The molecule has 1 rings (SSSR count). The quantitative estimate of drug-likeness (QED) is 0.520. The maximum atomic E-state index is 11.2. The van der Waals surface area contributed by atoms with Gasteiger partial charge < -0.3 is 4.74 Å². The van der Waals surface area contributed by atoms with Crippen LogP contribution < -0.4 is 0 Å². The fourth-order valence-corrected chi connectivity index (χ4v) is 2.40. The number of hydrogen-bond acceptors (Lipinski definition) is 3. The van der Waals surface area contributed by atoms with E-state index >= 15 is 0 Å². The van der Waals surface area contributed by atoms with Crippen LogP contribution in [0.2, 0.25) is 0 Å². The molecule has 1 fully saturated rings. The number of cyclic esters (lactones) is 2. The van der Waals surface area contributed by atoms with Gasteiger partial charge in [-0.05, 0) is 11.8 Å². The van der Waals surface area contributed by atoms with Gasteiger partial charge in [0.05, 0.1) is 0 Å². The molecular formula is C12H20O3. The lowest BCUT2D eigenvalue weighted by molar-refractivity contribution is -0.166. The van der Waals surface area contributed by atoms with Crippen LogP contribution in [-0.4, -0.2) is 11.9 Å². The van der Waals surface area contributed by atoms with Crippen molar-refractivity contribution in [2.24, 2.45) is 11.8 Å². The van der Waals surface area contributed by atoms with Gasteiger partial charge in [-0.1, -0.05) is 39.5 Å². The van der Waals surface area contributed by atoms with E-state index in [4.69, 9.17) is 0 Å². The van der Waals surface area contributed by atoms with Gasteiger partial charge in [-0.2, -0.15) is 0 Å². The lowest BCUT2D eigenvalue weighted by atomic mass is 9.80. The van der Waals surface area contributed by atoms with Crippen molar-refractivity contribution >= 4 is 11.9 Å². The maximum Gasteiger partial charge on any atom is 0.313 e. The Labute approximate surface area is 91.2 Å². The van der Waals surface area contributed by atoms with Gasteiger partial charge in [0.2, 0.25) is 0 Å². The van der Waals surface area contributed by atoms with Crippen LogP contribution in [0, 0.1) is 11.8 Å². The lowest BCUT2D eigenvalue weighted by Crippen LogP contribution is -2.30. The fourth-order valence-electron chi connectivity index (χ4n) is 2.40. The van der Waals surface area contributed by atoms with Crippen LogP contribution in [0.3, 0.4) is 0 Å². The fraction of sp³-hybridized carbons (Fsp3) is 0.833. The molecule has 1 aliphatic heterocycles. The summed E-state index contributed by atoms with van der Waals surface area (Å²) in [6, 6.07) is 0. The van der Waals surface area contributed by atoms with Crippen molar-refractivity contribution in [3.63, 3.8) is 0 Å². The molecule has 0 bridgehead atoms. The Kier molecular flexibility index (Phi) is 4.79. The third kappa shape index (κ3) is 3.65. The molecule has 0 amide bonds. The summed E-state index contributed by atoms with van der Waals surface area (Å²) in [5, 5.41) is 0. The molecule has 0 saturated carbocycles. The van der Waals surface area contributed by atoms with E-state index in [1.807, 2.05) is 0 Å². The van der Waals surface area contributed by atoms with Crippen LogP contribution in [0.25, 0.3) is 0 Å². The van der Waals surface area contributed by atoms with E-state index < -0.39 is 0 Å². The smallest absolute Gasteiger partial charge is 0.313 e. The van der Waals surface area contributed by atoms with Gasteiger partial charge in [-0.25, -0.2) is 0 Å². The first kappa shape index (κ1) is 12.2. The van der Waals surface area contributed by atoms with Gasteiger partial charge in [0.25, 0.3) is 0 Å². The third-order valence-corrected chi connectivity index (χ3v) is 3.07. The number of rotatable bonds is 5. The van der Waals surface area contributed by atoms with E-state index in [1.54, 1.807) is 0 Å². The molecule has 0 aliphatic carbocycles. The highest BCUT2D eigenvalue weighted by Crippen LogP contribution is 2.31. The molecule has 3 heteroatoms. The molecule has 0 aromatic rings. The molecule has 0 spiro atoms. The Morgan fingerprint density at radius 3 is 2.00 bits per heavy atom. The van der Waals surface area contributed by atoms with E-state index in [2.05, 4.69) is 18.6 Å². The average Bonchev–Trinajstić information content (AvgIpc) is 2.16. The predicted octanol–water partition coefficient (Wildman–Crippen LogP) is 2.68. The summed E-state index contributed by atoms with van der Waals surface area (Å²) in [4.78, 5) is 22.3. The van der Waals surface area contributed by atoms with Crippen molar-refractivity contribution in [1.82, 2.24) is 0 Å². The summed E-state index contributed by atoms with van der Waals surface area (Å²) in [7, 11) is 0.